The van der Waals surface area contributed by atoms with Crippen molar-refractivity contribution in [1.29, 1.82) is 5.26 Å². The van der Waals surface area contributed by atoms with Gasteiger partial charge < -0.3 is 15.2 Å². The van der Waals surface area contributed by atoms with Crippen LogP contribution in [0.4, 0.5) is 0 Å². The SMILES string of the molecule is COc1cc(C#N)cc([C@H](C2CCCC2)N2CCNCC2)c1O. The van der Waals surface area contributed by atoms with Gasteiger partial charge >= 0.3 is 0 Å². The molecule has 0 aromatic heterocycles. The fourth-order valence-electron chi connectivity index (χ4n) is 4.06. The van der Waals surface area contributed by atoms with Crippen molar-refractivity contribution < 1.29 is 9.84 Å². The highest BCUT2D eigenvalue weighted by Gasteiger charge is 2.34. The van der Waals surface area contributed by atoms with Crippen LogP contribution in [-0.4, -0.2) is 43.3 Å². The molecule has 1 heterocycles. The summed E-state index contributed by atoms with van der Waals surface area (Å²) in [6.45, 7) is 3.89. The van der Waals surface area contributed by atoms with Gasteiger partial charge in [0.15, 0.2) is 11.5 Å². The van der Waals surface area contributed by atoms with Crippen LogP contribution >= 0.6 is 0 Å². The lowest BCUT2D eigenvalue weighted by Crippen LogP contribution is -2.46. The summed E-state index contributed by atoms with van der Waals surface area (Å²) in [5, 5.41) is 23.4. The number of hydrogen-bond acceptors (Lipinski definition) is 5. The van der Waals surface area contributed by atoms with Crippen LogP contribution in [0.15, 0.2) is 12.1 Å². The molecule has 0 bridgehead atoms. The van der Waals surface area contributed by atoms with Gasteiger partial charge in [-0.1, -0.05) is 12.8 Å². The molecule has 0 unspecified atom stereocenters. The molecule has 1 aromatic carbocycles. The lowest BCUT2D eigenvalue weighted by atomic mass is 9.88. The van der Waals surface area contributed by atoms with Gasteiger partial charge in [0, 0.05) is 43.9 Å². The molecule has 1 saturated heterocycles. The van der Waals surface area contributed by atoms with Crippen LogP contribution in [-0.2, 0) is 0 Å². The first-order valence-corrected chi connectivity index (χ1v) is 8.50. The molecule has 0 amide bonds. The highest BCUT2D eigenvalue weighted by atomic mass is 16.5. The largest absolute Gasteiger partial charge is 0.504 e. The molecule has 1 atom stereocenters. The zero-order valence-electron chi connectivity index (χ0n) is 13.7. The van der Waals surface area contributed by atoms with Crippen molar-refractivity contribution in [3.05, 3.63) is 23.3 Å². The summed E-state index contributed by atoms with van der Waals surface area (Å²) in [5.74, 6) is 1.14. The van der Waals surface area contributed by atoms with E-state index in [1.165, 1.54) is 32.8 Å². The van der Waals surface area contributed by atoms with Gasteiger partial charge in [-0.05, 0) is 24.8 Å². The number of piperazine rings is 1. The maximum absolute atomic E-state index is 10.7. The minimum atomic E-state index is 0.168. The Morgan fingerprint density at radius 2 is 2.00 bits per heavy atom. The Balaban J connectivity index is 2.03. The highest BCUT2D eigenvalue weighted by molar-refractivity contribution is 5.53. The van der Waals surface area contributed by atoms with E-state index in [-0.39, 0.29) is 11.8 Å². The third-order valence-electron chi connectivity index (χ3n) is 5.16. The molecule has 0 spiro atoms. The number of rotatable bonds is 4. The maximum atomic E-state index is 10.7. The lowest BCUT2D eigenvalue weighted by molar-refractivity contribution is 0.123. The second kappa shape index (κ2) is 7.20. The summed E-state index contributed by atoms with van der Waals surface area (Å²) < 4.78 is 5.30. The predicted molar refractivity (Wildman–Crippen MR) is 88.5 cm³/mol. The van der Waals surface area contributed by atoms with Gasteiger partial charge in [-0.2, -0.15) is 5.26 Å². The van der Waals surface area contributed by atoms with Crippen molar-refractivity contribution in [2.75, 3.05) is 33.3 Å². The van der Waals surface area contributed by atoms with Crippen molar-refractivity contribution >= 4 is 0 Å². The minimum Gasteiger partial charge on any atom is -0.504 e. The number of methoxy groups -OCH3 is 1. The summed E-state index contributed by atoms with van der Waals surface area (Å²) >= 11 is 0. The molecule has 1 saturated carbocycles. The molecule has 2 N–H and O–H groups in total. The topological polar surface area (TPSA) is 68.5 Å². The molecular weight excluding hydrogens is 290 g/mol. The van der Waals surface area contributed by atoms with Crippen molar-refractivity contribution in [3.63, 3.8) is 0 Å². The van der Waals surface area contributed by atoms with Crippen LogP contribution in [0.3, 0.4) is 0 Å². The number of phenolic OH excluding ortho intramolecular Hbond substituents is 1. The molecule has 3 rings (SSSR count). The van der Waals surface area contributed by atoms with Crippen LogP contribution in [0, 0.1) is 17.2 Å². The molecule has 5 nitrogen and oxygen atoms in total. The third-order valence-corrected chi connectivity index (χ3v) is 5.16. The second-order valence-corrected chi connectivity index (χ2v) is 6.50. The number of aromatic hydroxyl groups is 1. The fraction of sp³-hybridized carbons (Fsp3) is 0.611. The zero-order chi connectivity index (χ0) is 16.2. The number of phenols is 1. The molecule has 2 fully saturated rings. The van der Waals surface area contributed by atoms with Crippen LogP contribution in [0.1, 0.15) is 42.9 Å². The number of nitrogens with one attached hydrogen (secondary N) is 1. The van der Waals surface area contributed by atoms with Crippen molar-refractivity contribution in [3.8, 4) is 17.6 Å². The Morgan fingerprint density at radius 1 is 1.30 bits per heavy atom. The van der Waals surface area contributed by atoms with Crippen molar-refractivity contribution in [1.82, 2.24) is 10.2 Å². The summed E-state index contributed by atoms with van der Waals surface area (Å²) in [4.78, 5) is 2.46. The van der Waals surface area contributed by atoms with Gasteiger partial charge in [0.25, 0.3) is 0 Å². The molecule has 1 aromatic rings. The Labute approximate surface area is 137 Å². The van der Waals surface area contributed by atoms with E-state index in [1.807, 2.05) is 6.07 Å². The number of hydrogen-bond donors (Lipinski definition) is 2. The van der Waals surface area contributed by atoms with Gasteiger partial charge in [0.1, 0.15) is 0 Å². The van der Waals surface area contributed by atoms with E-state index >= 15 is 0 Å². The predicted octanol–water partition coefficient (Wildman–Crippen LogP) is 2.41. The second-order valence-electron chi connectivity index (χ2n) is 6.50. The van der Waals surface area contributed by atoms with E-state index in [4.69, 9.17) is 4.74 Å². The Kier molecular flexibility index (Phi) is 5.04. The smallest absolute Gasteiger partial charge is 0.162 e. The first-order valence-electron chi connectivity index (χ1n) is 8.50. The first kappa shape index (κ1) is 16.1. The monoisotopic (exact) mass is 315 g/mol. The molecule has 124 valence electrons. The summed E-state index contributed by atoms with van der Waals surface area (Å²) in [7, 11) is 1.54. The molecular formula is C18H25N3O2. The van der Waals surface area contributed by atoms with Crippen LogP contribution in [0.25, 0.3) is 0 Å². The lowest BCUT2D eigenvalue weighted by Gasteiger charge is -2.39. The number of benzene rings is 1. The van der Waals surface area contributed by atoms with E-state index in [0.29, 0.717) is 17.2 Å². The quantitative estimate of drug-likeness (QED) is 0.893. The van der Waals surface area contributed by atoms with Crippen molar-refractivity contribution in [2.24, 2.45) is 5.92 Å². The molecule has 5 heteroatoms. The highest BCUT2D eigenvalue weighted by Crippen LogP contribution is 2.45. The number of nitrogens with zero attached hydrogens (tertiary/aromatic N) is 2. The van der Waals surface area contributed by atoms with Gasteiger partial charge in [-0.3, -0.25) is 4.90 Å². The first-order chi connectivity index (χ1) is 11.2. The Hall–Kier alpha value is -1.77. The molecule has 1 aliphatic heterocycles. The Morgan fingerprint density at radius 3 is 2.61 bits per heavy atom. The summed E-state index contributed by atoms with van der Waals surface area (Å²) in [5.41, 5.74) is 1.41. The van der Waals surface area contributed by atoms with E-state index in [1.54, 1.807) is 6.07 Å². The van der Waals surface area contributed by atoms with Gasteiger partial charge in [0.05, 0.1) is 18.7 Å². The third kappa shape index (κ3) is 3.29. The van der Waals surface area contributed by atoms with Crippen molar-refractivity contribution in [2.45, 2.75) is 31.7 Å². The molecule has 0 radical (unpaired) electrons. The minimum absolute atomic E-state index is 0.168. The molecule has 2 aliphatic rings. The van der Waals surface area contributed by atoms with E-state index < -0.39 is 0 Å². The maximum Gasteiger partial charge on any atom is 0.162 e. The summed E-state index contributed by atoms with van der Waals surface area (Å²) in [6, 6.07) is 5.83. The number of ether oxygens (including phenoxy) is 1. The van der Waals surface area contributed by atoms with Gasteiger partial charge in [-0.25, -0.2) is 0 Å². The molecule has 1 aliphatic carbocycles. The average molecular weight is 315 g/mol. The average Bonchev–Trinajstić information content (AvgIpc) is 3.12. The standard InChI is InChI=1S/C18H25N3O2/c1-23-16-11-13(12-19)10-15(18(16)22)17(14-4-2-3-5-14)21-8-6-20-7-9-21/h10-11,14,17,20,22H,2-9H2,1H3/t17-/m0/s1. The van der Waals surface area contributed by atoms with Crippen LogP contribution in [0.2, 0.25) is 0 Å². The van der Waals surface area contributed by atoms with E-state index in [9.17, 15) is 10.4 Å². The van der Waals surface area contributed by atoms with E-state index in [2.05, 4.69) is 16.3 Å². The fourth-order valence-corrected chi connectivity index (χ4v) is 4.06. The zero-order valence-corrected chi connectivity index (χ0v) is 13.7. The normalized spacial score (nSPS) is 21.0. The Bertz CT molecular complexity index is 585. The van der Waals surface area contributed by atoms with E-state index in [0.717, 1.165) is 31.7 Å². The van der Waals surface area contributed by atoms with Crippen LogP contribution in [0.5, 0.6) is 11.5 Å². The van der Waals surface area contributed by atoms with Gasteiger partial charge in [0.2, 0.25) is 0 Å². The van der Waals surface area contributed by atoms with Crippen LogP contribution < -0.4 is 10.1 Å². The molecule has 23 heavy (non-hydrogen) atoms. The summed E-state index contributed by atoms with van der Waals surface area (Å²) in [6.07, 6.45) is 4.88. The number of nitriles is 1. The van der Waals surface area contributed by atoms with Gasteiger partial charge in [-0.15, -0.1) is 0 Å².